The summed E-state index contributed by atoms with van der Waals surface area (Å²) in [6, 6.07) is 4.28. The maximum Gasteiger partial charge on any atom is 0.258 e. The van der Waals surface area contributed by atoms with Gasteiger partial charge in [0.05, 0.1) is 29.1 Å². The van der Waals surface area contributed by atoms with E-state index in [1.165, 1.54) is 12.1 Å². The van der Waals surface area contributed by atoms with Crippen molar-refractivity contribution in [3.8, 4) is 5.75 Å². The number of amides is 1. The zero-order valence-electron chi connectivity index (χ0n) is 15.1. The lowest BCUT2D eigenvalue weighted by atomic mass is 9.38. The van der Waals surface area contributed by atoms with Crippen molar-refractivity contribution >= 4 is 17.5 Å². The van der Waals surface area contributed by atoms with Gasteiger partial charge in [0.25, 0.3) is 5.91 Å². The number of rotatable bonds is 6. The van der Waals surface area contributed by atoms with Crippen LogP contribution in [0, 0.1) is 5.82 Å². The standard InChI is InChI=1S/C19H20ClFN4O3/c20-14-2-1-13(5-15(14)21)28-7-17(27)23-19-8-18(9-19,10-19)16-6-22-25(24-16)11-3-12(26)4-11/h1-2,5-6,11-12,26H,3-4,7-10H2,(H,23,27). The first-order valence-electron chi connectivity index (χ1n) is 9.36. The first kappa shape index (κ1) is 17.9. The minimum absolute atomic E-state index is 0.00799. The molecule has 0 radical (unpaired) electrons. The van der Waals surface area contributed by atoms with Crippen LogP contribution in [-0.2, 0) is 10.2 Å². The Balaban J connectivity index is 1.12. The van der Waals surface area contributed by atoms with Gasteiger partial charge in [-0.2, -0.15) is 15.0 Å². The third-order valence-electron chi connectivity index (χ3n) is 6.16. The number of carbonyl (C=O) groups excluding carboxylic acids is 1. The highest BCUT2D eigenvalue weighted by Crippen LogP contribution is 2.67. The van der Waals surface area contributed by atoms with Crippen molar-refractivity contribution in [3.63, 3.8) is 0 Å². The number of hydrogen-bond donors (Lipinski definition) is 2. The molecule has 2 bridgehead atoms. The highest BCUT2D eigenvalue weighted by molar-refractivity contribution is 6.30. The monoisotopic (exact) mass is 406 g/mol. The Morgan fingerprint density at radius 1 is 1.39 bits per heavy atom. The maximum atomic E-state index is 13.4. The smallest absolute Gasteiger partial charge is 0.258 e. The third-order valence-corrected chi connectivity index (χ3v) is 6.47. The van der Waals surface area contributed by atoms with Crippen LogP contribution in [0.3, 0.4) is 0 Å². The van der Waals surface area contributed by atoms with Crippen LogP contribution in [0.1, 0.15) is 43.8 Å². The summed E-state index contributed by atoms with van der Waals surface area (Å²) in [6.45, 7) is -0.171. The summed E-state index contributed by atoms with van der Waals surface area (Å²) in [5.41, 5.74) is 0.786. The molecular formula is C19H20ClFN4O3. The van der Waals surface area contributed by atoms with E-state index < -0.39 is 5.82 Å². The van der Waals surface area contributed by atoms with Crippen molar-refractivity contribution in [1.82, 2.24) is 20.3 Å². The van der Waals surface area contributed by atoms with E-state index in [9.17, 15) is 14.3 Å². The van der Waals surface area contributed by atoms with Crippen molar-refractivity contribution in [2.75, 3.05) is 6.61 Å². The molecule has 4 saturated carbocycles. The lowest BCUT2D eigenvalue weighted by Gasteiger charge is -2.69. The van der Waals surface area contributed by atoms with Gasteiger partial charge in [-0.15, -0.1) is 0 Å². The second-order valence-corrected chi connectivity index (χ2v) is 8.74. The second-order valence-electron chi connectivity index (χ2n) is 8.33. The van der Waals surface area contributed by atoms with Crippen LogP contribution >= 0.6 is 11.6 Å². The summed E-state index contributed by atoms with van der Waals surface area (Å²) in [5.74, 6) is -0.537. The minimum Gasteiger partial charge on any atom is -0.484 e. The van der Waals surface area contributed by atoms with Crippen LogP contribution in [0.5, 0.6) is 5.75 Å². The number of aliphatic hydroxyl groups is 1. The predicted octanol–water partition coefficient (Wildman–Crippen LogP) is 2.14. The Morgan fingerprint density at radius 2 is 2.14 bits per heavy atom. The molecule has 0 atom stereocenters. The molecule has 4 aliphatic rings. The van der Waals surface area contributed by atoms with E-state index in [-0.39, 0.29) is 46.4 Å². The molecule has 7 nitrogen and oxygen atoms in total. The first-order chi connectivity index (χ1) is 13.4. The summed E-state index contributed by atoms with van der Waals surface area (Å²) >= 11 is 5.63. The first-order valence-corrected chi connectivity index (χ1v) is 9.74. The normalized spacial score (nSPS) is 32.7. The van der Waals surface area contributed by atoms with Crippen molar-refractivity contribution in [3.05, 3.63) is 40.9 Å². The molecule has 6 rings (SSSR count). The Kier molecular flexibility index (Phi) is 3.93. The molecular weight excluding hydrogens is 387 g/mol. The fourth-order valence-electron chi connectivity index (χ4n) is 4.68. The lowest BCUT2D eigenvalue weighted by molar-refractivity contribution is -0.140. The second kappa shape index (κ2) is 6.15. The number of nitrogens with zero attached hydrogens (tertiary/aromatic N) is 3. The topological polar surface area (TPSA) is 89.3 Å². The van der Waals surface area contributed by atoms with Gasteiger partial charge in [-0.1, -0.05) is 11.6 Å². The SMILES string of the molecule is O=C(COc1ccc(Cl)c(F)c1)NC12CC(c3cnn(C4CC(O)C4)n3)(C1)C2. The molecule has 4 fully saturated rings. The van der Waals surface area contributed by atoms with E-state index in [0.717, 1.165) is 31.0 Å². The van der Waals surface area contributed by atoms with E-state index >= 15 is 0 Å². The van der Waals surface area contributed by atoms with Crippen molar-refractivity contribution in [2.24, 2.45) is 0 Å². The molecule has 4 aliphatic carbocycles. The average Bonchev–Trinajstić information content (AvgIpc) is 3.04. The van der Waals surface area contributed by atoms with Gasteiger partial charge in [-0.3, -0.25) is 4.79 Å². The summed E-state index contributed by atoms with van der Waals surface area (Å²) in [5, 5.41) is 21.4. The zero-order valence-corrected chi connectivity index (χ0v) is 15.8. The Labute approximate surface area is 165 Å². The van der Waals surface area contributed by atoms with Crippen molar-refractivity contribution in [2.45, 2.75) is 55.2 Å². The van der Waals surface area contributed by atoms with Gasteiger partial charge >= 0.3 is 0 Å². The molecule has 0 saturated heterocycles. The molecule has 1 amide bonds. The highest BCUT2D eigenvalue weighted by Gasteiger charge is 2.70. The summed E-state index contributed by atoms with van der Waals surface area (Å²) in [4.78, 5) is 13.9. The number of benzene rings is 1. The van der Waals surface area contributed by atoms with E-state index in [1.54, 1.807) is 4.80 Å². The fraction of sp³-hybridized carbons (Fsp3) is 0.526. The molecule has 2 N–H and O–H groups in total. The number of carbonyl (C=O) groups is 1. The van der Waals surface area contributed by atoms with Gasteiger partial charge in [-0.25, -0.2) is 4.39 Å². The number of aromatic nitrogens is 3. The van der Waals surface area contributed by atoms with Gasteiger partial charge in [0.2, 0.25) is 0 Å². The summed E-state index contributed by atoms with van der Waals surface area (Å²) in [6.07, 6.45) is 5.51. The van der Waals surface area contributed by atoms with E-state index in [0.29, 0.717) is 12.8 Å². The summed E-state index contributed by atoms with van der Waals surface area (Å²) in [7, 11) is 0. The molecule has 1 heterocycles. The number of hydrogen-bond acceptors (Lipinski definition) is 5. The van der Waals surface area contributed by atoms with Crippen molar-refractivity contribution in [1.29, 1.82) is 0 Å². The average molecular weight is 407 g/mol. The van der Waals surface area contributed by atoms with Crippen LogP contribution < -0.4 is 10.1 Å². The Hall–Kier alpha value is -2.19. The minimum atomic E-state index is -0.578. The van der Waals surface area contributed by atoms with Crippen LogP contribution in [0.4, 0.5) is 4.39 Å². The number of aliphatic hydroxyl groups excluding tert-OH is 1. The predicted molar refractivity (Wildman–Crippen MR) is 97.6 cm³/mol. The number of halogens is 2. The Bertz CT molecular complexity index is 923. The molecule has 9 heteroatoms. The largest absolute Gasteiger partial charge is 0.484 e. The van der Waals surface area contributed by atoms with Crippen LogP contribution in [0.25, 0.3) is 0 Å². The van der Waals surface area contributed by atoms with Crippen LogP contribution in [0.2, 0.25) is 5.02 Å². The van der Waals surface area contributed by atoms with Crippen LogP contribution in [0.15, 0.2) is 24.4 Å². The lowest BCUT2D eigenvalue weighted by Crippen LogP contribution is -2.77. The van der Waals surface area contributed by atoms with Gasteiger partial charge in [-0.05, 0) is 44.2 Å². The van der Waals surface area contributed by atoms with Crippen LogP contribution in [-0.4, -0.2) is 44.3 Å². The molecule has 28 heavy (non-hydrogen) atoms. The molecule has 0 spiro atoms. The van der Waals surface area contributed by atoms with E-state index in [2.05, 4.69) is 15.5 Å². The van der Waals surface area contributed by atoms with E-state index in [1.807, 2.05) is 6.20 Å². The van der Waals surface area contributed by atoms with Gasteiger partial charge in [0.15, 0.2) is 6.61 Å². The molecule has 148 valence electrons. The molecule has 1 aromatic carbocycles. The number of nitrogens with one attached hydrogen (secondary N) is 1. The summed E-state index contributed by atoms with van der Waals surface area (Å²) < 4.78 is 18.8. The highest BCUT2D eigenvalue weighted by atomic mass is 35.5. The van der Waals surface area contributed by atoms with E-state index in [4.69, 9.17) is 16.3 Å². The fourth-order valence-corrected chi connectivity index (χ4v) is 4.80. The third kappa shape index (κ3) is 2.86. The molecule has 1 aromatic heterocycles. The maximum absolute atomic E-state index is 13.4. The Morgan fingerprint density at radius 3 is 2.82 bits per heavy atom. The molecule has 2 aromatic rings. The van der Waals surface area contributed by atoms with Gasteiger partial charge in [0.1, 0.15) is 11.6 Å². The van der Waals surface area contributed by atoms with Gasteiger partial charge < -0.3 is 15.2 Å². The number of ether oxygens (including phenoxy) is 1. The molecule has 0 unspecified atom stereocenters. The molecule has 0 aliphatic heterocycles. The quantitative estimate of drug-likeness (QED) is 0.767. The zero-order chi connectivity index (χ0) is 19.5. The van der Waals surface area contributed by atoms with Gasteiger partial charge in [0, 0.05) is 17.0 Å². The van der Waals surface area contributed by atoms with Crippen molar-refractivity contribution < 1.29 is 19.0 Å².